The summed E-state index contributed by atoms with van der Waals surface area (Å²) in [5.74, 6) is -1.02. The van der Waals surface area contributed by atoms with Crippen LogP contribution in [0.2, 0.25) is 0 Å². The SMILES string of the molecule is Bc1ccc2[nH]c(C(N)=O)c(S(=O)(=O)N3CCOC(C(=O)N4CCCCCC4)C3)c2c1. The van der Waals surface area contributed by atoms with Crippen LogP contribution >= 0.6 is 0 Å². The van der Waals surface area contributed by atoms with Gasteiger partial charge in [-0.15, -0.1) is 0 Å². The number of aromatic nitrogens is 1. The number of hydrogen-bond acceptors (Lipinski definition) is 5. The molecule has 2 saturated heterocycles. The molecule has 2 aliphatic heterocycles. The molecule has 166 valence electrons. The summed E-state index contributed by atoms with van der Waals surface area (Å²) in [4.78, 5) is 29.5. The highest BCUT2D eigenvalue weighted by atomic mass is 32.2. The van der Waals surface area contributed by atoms with E-state index in [9.17, 15) is 18.0 Å². The molecule has 1 aromatic heterocycles. The van der Waals surface area contributed by atoms with Crippen LogP contribution in [0.25, 0.3) is 10.9 Å². The molecule has 0 radical (unpaired) electrons. The molecule has 4 rings (SSSR count). The minimum atomic E-state index is -4.09. The number of nitrogens with zero attached hydrogens (tertiary/aromatic N) is 2. The number of nitrogens with one attached hydrogen (secondary N) is 1. The van der Waals surface area contributed by atoms with Crippen LogP contribution < -0.4 is 11.2 Å². The van der Waals surface area contributed by atoms with Gasteiger partial charge in [0.05, 0.1) is 6.61 Å². The highest BCUT2D eigenvalue weighted by Gasteiger charge is 2.39. The quantitative estimate of drug-likeness (QED) is 0.602. The molecular weight excluding hydrogens is 419 g/mol. The van der Waals surface area contributed by atoms with Crippen LogP contribution in [-0.4, -0.2) is 81.2 Å². The van der Waals surface area contributed by atoms with E-state index in [4.69, 9.17) is 10.5 Å². The van der Waals surface area contributed by atoms with E-state index in [-0.39, 0.29) is 36.2 Å². The van der Waals surface area contributed by atoms with Gasteiger partial charge >= 0.3 is 0 Å². The Hall–Kier alpha value is -2.37. The maximum absolute atomic E-state index is 13.6. The Morgan fingerprint density at radius 3 is 2.52 bits per heavy atom. The molecule has 31 heavy (non-hydrogen) atoms. The predicted molar refractivity (Wildman–Crippen MR) is 119 cm³/mol. The summed E-state index contributed by atoms with van der Waals surface area (Å²) in [6.07, 6.45) is 3.21. The first-order valence-electron chi connectivity index (χ1n) is 10.6. The van der Waals surface area contributed by atoms with Crippen molar-refractivity contribution >= 4 is 46.0 Å². The van der Waals surface area contributed by atoms with E-state index in [0.29, 0.717) is 24.0 Å². The second-order valence-corrected chi connectivity index (χ2v) is 10.1. The highest BCUT2D eigenvalue weighted by Crippen LogP contribution is 2.30. The summed E-state index contributed by atoms with van der Waals surface area (Å²) >= 11 is 0. The molecule has 9 nitrogen and oxygen atoms in total. The fourth-order valence-corrected chi connectivity index (χ4v) is 6.10. The van der Waals surface area contributed by atoms with Crippen LogP contribution in [0.4, 0.5) is 0 Å². The van der Waals surface area contributed by atoms with Crippen molar-refractivity contribution in [2.45, 2.75) is 36.7 Å². The topological polar surface area (TPSA) is 126 Å². The lowest BCUT2D eigenvalue weighted by Gasteiger charge is -2.34. The number of benzene rings is 1. The lowest BCUT2D eigenvalue weighted by molar-refractivity contribution is -0.147. The summed E-state index contributed by atoms with van der Waals surface area (Å²) in [5.41, 5.74) is 6.72. The Bertz CT molecular complexity index is 1110. The molecule has 0 saturated carbocycles. The molecule has 0 aliphatic carbocycles. The number of aromatic amines is 1. The summed E-state index contributed by atoms with van der Waals surface area (Å²) in [5, 5.41) is 0.413. The van der Waals surface area contributed by atoms with Crippen molar-refractivity contribution in [3.63, 3.8) is 0 Å². The van der Waals surface area contributed by atoms with Gasteiger partial charge in [-0.05, 0) is 18.9 Å². The number of carbonyl (C=O) groups excluding carboxylic acids is 2. The van der Waals surface area contributed by atoms with Crippen LogP contribution in [0.15, 0.2) is 23.1 Å². The van der Waals surface area contributed by atoms with Gasteiger partial charge in [0.15, 0.2) is 0 Å². The van der Waals surface area contributed by atoms with Crippen molar-refractivity contribution in [3.05, 3.63) is 23.9 Å². The van der Waals surface area contributed by atoms with Crippen LogP contribution in [-0.2, 0) is 19.6 Å². The average Bonchev–Trinajstić information content (AvgIpc) is 2.93. The van der Waals surface area contributed by atoms with E-state index in [0.717, 1.165) is 31.1 Å². The van der Waals surface area contributed by atoms with Crippen molar-refractivity contribution in [2.24, 2.45) is 5.73 Å². The summed E-state index contributed by atoms with van der Waals surface area (Å²) in [7, 11) is -2.25. The van der Waals surface area contributed by atoms with Crippen LogP contribution in [0, 0.1) is 0 Å². The number of fused-ring (bicyclic) bond motifs is 1. The van der Waals surface area contributed by atoms with E-state index < -0.39 is 22.0 Å². The van der Waals surface area contributed by atoms with Crippen molar-refractivity contribution < 1.29 is 22.7 Å². The fraction of sp³-hybridized carbons (Fsp3) is 0.500. The minimum Gasteiger partial charge on any atom is -0.366 e. The monoisotopic (exact) mass is 446 g/mol. The van der Waals surface area contributed by atoms with Gasteiger partial charge in [0.1, 0.15) is 24.5 Å². The average molecular weight is 446 g/mol. The Labute approximate surface area is 182 Å². The first kappa shape index (κ1) is 21.9. The normalized spacial score (nSPS) is 21.2. The number of amides is 2. The molecule has 2 amide bonds. The van der Waals surface area contributed by atoms with Crippen molar-refractivity contribution in [1.82, 2.24) is 14.2 Å². The van der Waals surface area contributed by atoms with E-state index in [1.807, 2.05) is 13.9 Å². The number of rotatable bonds is 4. The van der Waals surface area contributed by atoms with Crippen molar-refractivity contribution in [3.8, 4) is 0 Å². The summed E-state index contributed by atoms with van der Waals surface area (Å²) in [6.45, 7) is 1.45. The molecule has 2 aromatic rings. The second-order valence-electron chi connectivity index (χ2n) is 8.20. The smallest absolute Gasteiger partial charge is 0.266 e. The molecular formula is C20H27BN4O5S. The lowest BCUT2D eigenvalue weighted by atomic mass is 9.95. The second kappa shape index (κ2) is 8.64. The molecule has 3 heterocycles. The zero-order chi connectivity index (χ0) is 22.2. The van der Waals surface area contributed by atoms with Gasteiger partial charge in [0.25, 0.3) is 11.8 Å². The predicted octanol–water partition coefficient (Wildman–Crippen LogP) is -0.683. The third-order valence-corrected chi connectivity index (χ3v) is 7.92. The molecule has 3 N–H and O–H groups in total. The molecule has 0 spiro atoms. The Morgan fingerprint density at radius 2 is 1.84 bits per heavy atom. The largest absolute Gasteiger partial charge is 0.366 e. The van der Waals surface area contributed by atoms with Gasteiger partial charge in [0, 0.05) is 37.1 Å². The molecule has 2 fully saturated rings. The van der Waals surface area contributed by atoms with Gasteiger partial charge in [0.2, 0.25) is 10.0 Å². The highest BCUT2D eigenvalue weighted by molar-refractivity contribution is 7.89. The Balaban J connectivity index is 1.66. The molecule has 1 atom stereocenters. The third-order valence-electron chi connectivity index (χ3n) is 5.97. The zero-order valence-electron chi connectivity index (χ0n) is 17.6. The molecule has 11 heteroatoms. The van der Waals surface area contributed by atoms with E-state index in [1.54, 1.807) is 17.0 Å². The van der Waals surface area contributed by atoms with Crippen LogP contribution in [0.3, 0.4) is 0 Å². The number of H-pyrrole nitrogens is 1. The Morgan fingerprint density at radius 1 is 1.13 bits per heavy atom. The van der Waals surface area contributed by atoms with Crippen LogP contribution in [0.5, 0.6) is 0 Å². The van der Waals surface area contributed by atoms with Gasteiger partial charge in [-0.3, -0.25) is 9.59 Å². The molecule has 1 aromatic carbocycles. The van der Waals surface area contributed by atoms with Crippen LogP contribution in [0.1, 0.15) is 36.2 Å². The van der Waals surface area contributed by atoms with Gasteiger partial charge in [-0.25, -0.2) is 8.42 Å². The summed E-state index contributed by atoms with van der Waals surface area (Å²) < 4.78 is 34.1. The van der Waals surface area contributed by atoms with Gasteiger partial charge in [-0.2, -0.15) is 4.31 Å². The molecule has 1 unspecified atom stereocenters. The van der Waals surface area contributed by atoms with Gasteiger partial charge in [-0.1, -0.05) is 30.4 Å². The Kier molecular flexibility index (Phi) is 6.09. The first-order valence-corrected chi connectivity index (χ1v) is 12.1. The number of likely N-dealkylation sites (tertiary alicyclic amines) is 1. The molecule has 0 bridgehead atoms. The number of ether oxygens (including phenoxy) is 1. The van der Waals surface area contributed by atoms with Crippen molar-refractivity contribution in [1.29, 1.82) is 0 Å². The number of sulfonamides is 1. The minimum absolute atomic E-state index is 0.0889. The summed E-state index contributed by atoms with van der Waals surface area (Å²) in [6, 6.07) is 5.26. The number of carbonyl (C=O) groups is 2. The maximum atomic E-state index is 13.6. The standard InChI is InChI=1S/C20H27BN4O5S/c21-13-5-6-15-14(11-13)18(17(23-15)19(22)26)31(28,29)25-9-10-30-16(12-25)20(27)24-7-3-1-2-4-8-24/h5-6,11,16,23H,1-4,7-10,12,21H2,(H2,22,26). The molecule has 2 aliphatic rings. The maximum Gasteiger partial charge on any atom is 0.266 e. The number of morpholine rings is 1. The van der Waals surface area contributed by atoms with E-state index in [1.165, 1.54) is 4.31 Å². The third kappa shape index (κ3) is 4.22. The fourth-order valence-electron chi connectivity index (χ4n) is 4.34. The van der Waals surface area contributed by atoms with Gasteiger partial charge < -0.3 is 20.4 Å². The number of primary amides is 1. The van der Waals surface area contributed by atoms with E-state index in [2.05, 4.69) is 4.98 Å². The van der Waals surface area contributed by atoms with E-state index >= 15 is 0 Å². The number of hydrogen-bond donors (Lipinski definition) is 2. The lowest BCUT2D eigenvalue weighted by Crippen LogP contribution is -2.52. The first-order chi connectivity index (χ1) is 14.8. The van der Waals surface area contributed by atoms with Crippen molar-refractivity contribution in [2.75, 3.05) is 32.8 Å². The number of nitrogens with two attached hydrogens (primary N) is 1. The zero-order valence-corrected chi connectivity index (χ0v) is 18.4.